The van der Waals surface area contributed by atoms with Crippen LogP contribution in [0.2, 0.25) is 0 Å². The van der Waals surface area contributed by atoms with E-state index in [9.17, 15) is 9.90 Å². The molecule has 1 heterocycles. The van der Waals surface area contributed by atoms with Gasteiger partial charge in [-0.05, 0) is 41.9 Å². The molecule has 5 heteroatoms. The molecule has 0 aliphatic carbocycles. The summed E-state index contributed by atoms with van der Waals surface area (Å²) in [4.78, 5) is 12.1. The third-order valence-electron chi connectivity index (χ3n) is 1.48. The predicted molar refractivity (Wildman–Crippen MR) is 60.7 cm³/mol. The zero-order valence-corrected chi connectivity index (χ0v) is 10.4. The van der Waals surface area contributed by atoms with Crippen molar-refractivity contribution in [3.05, 3.63) is 20.8 Å². The van der Waals surface area contributed by atoms with Gasteiger partial charge in [0.15, 0.2) is 0 Å². The zero-order valence-electron chi connectivity index (χ0n) is 8.00. The van der Waals surface area contributed by atoms with Crippen LogP contribution in [-0.4, -0.2) is 23.2 Å². The predicted octanol–water partition coefficient (Wildman–Crippen LogP) is 2.01. The maximum Gasteiger partial charge on any atom is 0.261 e. The van der Waals surface area contributed by atoms with Gasteiger partial charge in [-0.3, -0.25) is 4.79 Å². The van der Waals surface area contributed by atoms with Gasteiger partial charge in [-0.2, -0.15) is 0 Å². The average Bonchev–Trinajstić information content (AvgIpc) is 2.46. The first-order chi connectivity index (χ1) is 6.38. The highest BCUT2D eigenvalue weighted by atomic mass is 79.9. The van der Waals surface area contributed by atoms with Crippen LogP contribution < -0.4 is 5.32 Å². The third-order valence-corrected chi connectivity index (χ3v) is 3.10. The normalized spacial score (nSPS) is 11.4. The highest BCUT2D eigenvalue weighted by Crippen LogP contribution is 2.21. The molecule has 3 nitrogen and oxygen atoms in total. The van der Waals surface area contributed by atoms with E-state index in [4.69, 9.17) is 0 Å². The number of rotatable bonds is 3. The molecule has 0 unspecified atom stereocenters. The van der Waals surface area contributed by atoms with Crippen molar-refractivity contribution in [2.24, 2.45) is 0 Å². The van der Waals surface area contributed by atoms with E-state index in [1.54, 1.807) is 19.9 Å². The second-order valence-electron chi connectivity index (χ2n) is 3.60. The summed E-state index contributed by atoms with van der Waals surface area (Å²) in [7, 11) is 0. The lowest BCUT2D eigenvalue weighted by molar-refractivity contribution is 0.0696. The fourth-order valence-corrected chi connectivity index (χ4v) is 2.12. The van der Waals surface area contributed by atoms with Crippen molar-refractivity contribution < 1.29 is 9.90 Å². The molecule has 2 N–H and O–H groups in total. The zero-order chi connectivity index (χ0) is 10.8. The minimum atomic E-state index is -0.871. The summed E-state index contributed by atoms with van der Waals surface area (Å²) in [5.74, 6) is -0.150. The van der Waals surface area contributed by atoms with E-state index in [2.05, 4.69) is 21.2 Å². The number of thiophene rings is 1. The molecule has 1 aromatic rings. The smallest absolute Gasteiger partial charge is 0.261 e. The fraction of sp³-hybridized carbons (Fsp3) is 0.444. The lowest BCUT2D eigenvalue weighted by Crippen LogP contribution is -2.37. The molecule has 0 fully saturated rings. The van der Waals surface area contributed by atoms with Crippen LogP contribution in [0.15, 0.2) is 15.9 Å². The number of halogens is 1. The van der Waals surface area contributed by atoms with Crippen LogP contribution in [-0.2, 0) is 0 Å². The van der Waals surface area contributed by atoms with Gasteiger partial charge >= 0.3 is 0 Å². The van der Waals surface area contributed by atoms with E-state index in [1.807, 2.05) is 6.07 Å². The Labute approximate surface area is 95.3 Å². The highest BCUT2D eigenvalue weighted by molar-refractivity contribution is 9.11. The number of carbonyl (C=O) groups is 1. The second kappa shape index (κ2) is 4.42. The molecule has 1 rings (SSSR count). The monoisotopic (exact) mass is 277 g/mol. The van der Waals surface area contributed by atoms with E-state index in [-0.39, 0.29) is 12.5 Å². The minimum Gasteiger partial charge on any atom is -0.389 e. The van der Waals surface area contributed by atoms with Crippen LogP contribution in [0.1, 0.15) is 23.5 Å². The summed E-state index contributed by atoms with van der Waals surface area (Å²) >= 11 is 4.65. The minimum absolute atomic E-state index is 0.150. The Kier molecular flexibility index (Phi) is 3.69. The maximum atomic E-state index is 11.5. The summed E-state index contributed by atoms with van der Waals surface area (Å²) in [5, 5.41) is 12.1. The summed E-state index contributed by atoms with van der Waals surface area (Å²) < 4.78 is 0.922. The number of hydrogen-bond donors (Lipinski definition) is 2. The topological polar surface area (TPSA) is 49.3 Å². The average molecular weight is 278 g/mol. The largest absolute Gasteiger partial charge is 0.389 e. The van der Waals surface area contributed by atoms with Crippen molar-refractivity contribution >= 4 is 33.2 Å². The standard InChI is InChI=1S/C9H12BrNO2S/c1-9(2,13)5-11-8(12)6-3-4-7(10)14-6/h3-4,13H,5H2,1-2H3,(H,11,12). The summed E-state index contributed by atoms with van der Waals surface area (Å²) in [6.45, 7) is 3.55. The summed E-state index contributed by atoms with van der Waals surface area (Å²) in [6, 6.07) is 3.57. The first-order valence-corrected chi connectivity index (χ1v) is 5.75. The van der Waals surface area contributed by atoms with E-state index in [1.165, 1.54) is 11.3 Å². The Balaban J connectivity index is 2.52. The quantitative estimate of drug-likeness (QED) is 0.888. The molecule has 0 saturated heterocycles. The Morgan fingerprint density at radius 1 is 1.64 bits per heavy atom. The van der Waals surface area contributed by atoms with Gasteiger partial charge < -0.3 is 10.4 Å². The number of nitrogens with one attached hydrogen (secondary N) is 1. The second-order valence-corrected chi connectivity index (χ2v) is 6.06. The number of amides is 1. The van der Waals surface area contributed by atoms with Crippen molar-refractivity contribution in [3.63, 3.8) is 0 Å². The molecule has 1 amide bonds. The number of hydrogen-bond acceptors (Lipinski definition) is 3. The van der Waals surface area contributed by atoms with Crippen LogP contribution in [0.4, 0.5) is 0 Å². The van der Waals surface area contributed by atoms with Crippen LogP contribution in [0.5, 0.6) is 0 Å². The number of aliphatic hydroxyl groups is 1. The van der Waals surface area contributed by atoms with Crippen molar-refractivity contribution in [2.45, 2.75) is 19.4 Å². The van der Waals surface area contributed by atoms with Crippen molar-refractivity contribution in [3.8, 4) is 0 Å². The van der Waals surface area contributed by atoms with Gasteiger partial charge in [-0.1, -0.05) is 0 Å². The van der Waals surface area contributed by atoms with Crippen LogP contribution in [0.3, 0.4) is 0 Å². The molecule has 1 aromatic heterocycles. The highest BCUT2D eigenvalue weighted by Gasteiger charge is 2.15. The first kappa shape index (κ1) is 11.7. The van der Waals surface area contributed by atoms with E-state index in [0.717, 1.165) is 3.79 Å². The maximum absolute atomic E-state index is 11.5. The molecule has 0 aromatic carbocycles. The van der Waals surface area contributed by atoms with E-state index < -0.39 is 5.60 Å². The van der Waals surface area contributed by atoms with Gasteiger partial charge in [0.05, 0.1) is 14.3 Å². The van der Waals surface area contributed by atoms with Crippen LogP contribution >= 0.6 is 27.3 Å². The fourth-order valence-electron chi connectivity index (χ4n) is 0.820. The van der Waals surface area contributed by atoms with E-state index >= 15 is 0 Å². The lowest BCUT2D eigenvalue weighted by Gasteiger charge is -2.16. The lowest BCUT2D eigenvalue weighted by atomic mass is 10.1. The molecule has 14 heavy (non-hydrogen) atoms. The van der Waals surface area contributed by atoms with Gasteiger partial charge in [0.1, 0.15) is 0 Å². The molecular formula is C9H12BrNO2S. The Morgan fingerprint density at radius 2 is 2.29 bits per heavy atom. The molecule has 0 aliphatic heterocycles. The van der Waals surface area contributed by atoms with E-state index in [0.29, 0.717) is 4.88 Å². The van der Waals surface area contributed by atoms with Crippen molar-refractivity contribution in [1.82, 2.24) is 5.32 Å². The molecule has 0 saturated carbocycles. The molecule has 0 aliphatic rings. The van der Waals surface area contributed by atoms with Gasteiger partial charge in [0, 0.05) is 6.54 Å². The van der Waals surface area contributed by atoms with Gasteiger partial charge in [-0.15, -0.1) is 11.3 Å². The van der Waals surface area contributed by atoms with Crippen LogP contribution in [0, 0.1) is 0 Å². The molecule has 78 valence electrons. The summed E-state index contributed by atoms with van der Waals surface area (Å²) in [5.41, 5.74) is -0.871. The first-order valence-electron chi connectivity index (χ1n) is 4.14. The van der Waals surface area contributed by atoms with Crippen molar-refractivity contribution in [2.75, 3.05) is 6.54 Å². The summed E-state index contributed by atoms with van der Waals surface area (Å²) in [6.07, 6.45) is 0. The molecule has 0 atom stereocenters. The third kappa shape index (κ3) is 3.77. The molecule has 0 spiro atoms. The van der Waals surface area contributed by atoms with Gasteiger partial charge in [0.25, 0.3) is 5.91 Å². The SMILES string of the molecule is CC(C)(O)CNC(=O)c1ccc(Br)s1. The van der Waals surface area contributed by atoms with Gasteiger partial charge in [0.2, 0.25) is 0 Å². The van der Waals surface area contributed by atoms with Gasteiger partial charge in [-0.25, -0.2) is 0 Å². The van der Waals surface area contributed by atoms with Crippen molar-refractivity contribution in [1.29, 1.82) is 0 Å². The Hall–Kier alpha value is -0.390. The Bertz CT molecular complexity index is 330. The molecule has 0 bridgehead atoms. The Morgan fingerprint density at radius 3 is 2.71 bits per heavy atom. The molecule has 0 radical (unpaired) electrons. The van der Waals surface area contributed by atoms with Crippen LogP contribution in [0.25, 0.3) is 0 Å². The molecular weight excluding hydrogens is 266 g/mol. The number of carbonyl (C=O) groups excluding carboxylic acids is 1.